The zero-order valence-corrected chi connectivity index (χ0v) is 20.0. The van der Waals surface area contributed by atoms with Crippen LogP contribution >= 0.6 is 23.5 Å². The summed E-state index contributed by atoms with van der Waals surface area (Å²) >= 11 is 0. The highest BCUT2D eigenvalue weighted by molar-refractivity contribution is 7.66. The largest absolute Gasteiger partial charge is 0.490 e. The standard InChI is InChI=1S/C14H18FN4O13P3/c1-2-4-14(15)9(20)8(6-29-34(25,26)32-35(27,28)31-33(22,23)24)30-12(14)19-5-3-7-10(19)17-13(16)18-11(7)21/h3,5,8-9,12,20H,6H2,1H3,(H,25,26)(H,27,28)(H2,22,23,24)(H3,16,17,18,21)/t8-,9+,12-,14?/m1/s1. The van der Waals surface area contributed by atoms with E-state index in [1.165, 1.54) is 19.2 Å². The average molecular weight is 562 g/mol. The van der Waals surface area contributed by atoms with Crippen LogP contribution < -0.4 is 11.3 Å². The van der Waals surface area contributed by atoms with Crippen LogP contribution in [-0.4, -0.2) is 63.7 Å². The zero-order valence-electron chi connectivity index (χ0n) is 17.3. The van der Waals surface area contributed by atoms with Gasteiger partial charge in [0, 0.05) is 6.20 Å². The lowest BCUT2D eigenvalue weighted by molar-refractivity contribution is -0.0493. The lowest BCUT2D eigenvalue weighted by Crippen LogP contribution is -2.42. The van der Waals surface area contributed by atoms with Crippen molar-refractivity contribution < 1.29 is 60.6 Å². The van der Waals surface area contributed by atoms with Gasteiger partial charge in [-0.25, -0.2) is 18.1 Å². The number of hydrogen-bond donors (Lipinski definition) is 7. The summed E-state index contributed by atoms with van der Waals surface area (Å²) in [6, 6.07) is 1.26. The van der Waals surface area contributed by atoms with Gasteiger partial charge in [0.2, 0.25) is 11.6 Å². The third-order valence-corrected chi connectivity index (χ3v) is 8.24. The molecule has 2 aromatic rings. The number of aliphatic hydroxyl groups is 1. The van der Waals surface area contributed by atoms with E-state index in [2.05, 4.69) is 35.0 Å². The van der Waals surface area contributed by atoms with Crippen molar-refractivity contribution in [1.29, 1.82) is 0 Å². The molecule has 1 saturated heterocycles. The van der Waals surface area contributed by atoms with Gasteiger partial charge in [-0.15, -0.1) is 5.92 Å². The Kier molecular flexibility index (Phi) is 7.49. The van der Waals surface area contributed by atoms with Gasteiger partial charge in [0.15, 0.2) is 11.9 Å². The molecule has 2 aromatic heterocycles. The van der Waals surface area contributed by atoms with E-state index in [-0.39, 0.29) is 17.0 Å². The second-order valence-electron chi connectivity index (χ2n) is 6.91. The summed E-state index contributed by atoms with van der Waals surface area (Å²) in [4.78, 5) is 54.1. The molecule has 0 aromatic carbocycles. The summed E-state index contributed by atoms with van der Waals surface area (Å²) in [5, 5.41) is 10.5. The van der Waals surface area contributed by atoms with Gasteiger partial charge in [-0.3, -0.25) is 14.3 Å². The number of ether oxygens (including phenoxy) is 1. The van der Waals surface area contributed by atoms with Gasteiger partial charge < -0.3 is 39.7 Å². The minimum Gasteiger partial charge on any atom is -0.386 e. The Hall–Kier alpha value is -1.96. The highest BCUT2D eigenvalue weighted by Crippen LogP contribution is 2.66. The van der Waals surface area contributed by atoms with Crippen LogP contribution in [0.5, 0.6) is 0 Å². The molecule has 8 N–H and O–H groups in total. The molecule has 1 fully saturated rings. The number of aromatic nitrogens is 3. The number of hydrogen-bond acceptors (Lipinski definition) is 11. The first-order valence-corrected chi connectivity index (χ1v) is 13.6. The first-order chi connectivity index (χ1) is 16.0. The van der Waals surface area contributed by atoms with Crippen LogP contribution in [-0.2, 0) is 31.6 Å². The Morgan fingerprint density at radius 2 is 1.94 bits per heavy atom. The van der Waals surface area contributed by atoms with Crippen molar-refractivity contribution in [1.82, 2.24) is 14.5 Å². The topological polar surface area (TPSA) is 266 Å². The summed E-state index contributed by atoms with van der Waals surface area (Å²) in [5.74, 6) is 4.09. The molecule has 3 unspecified atom stereocenters. The van der Waals surface area contributed by atoms with Crippen LogP contribution in [0.4, 0.5) is 10.3 Å². The molecule has 0 spiro atoms. The summed E-state index contributed by atoms with van der Waals surface area (Å²) in [5.41, 5.74) is 1.85. The van der Waals surface area contributed by atoms with E-state index in [4.69, 9.17) is 20.3 Å². The Labute approximate surface area is 194 Å². The molecule has 1 aliphatic rings. The number of anilines is 1. The number of rotatable bonds is 8. The summed E-state index contributed by atoms with van der Waals surface area (Å²) in [6.07, 6.45) is -4.50. The molecule has 3 rings (SSSR count). The van der Waals surface area contributed by atoms with Gasteiger partial charge in [0.1, 0.15) is 12.2 Å². The first-order valence-electron chi connectivity index (χ1n) is 9.09. The number of fused-ring (bicyclic) bond motifs is 1. The number of aromatic amines is 1. The van der Waals surface area contributed by atoms with Crippen LogP contribution in [0.1, 0.15) is 13.2 Å². The maximum Gasteiger partial charge on any atom is 0.490 e. The molecule has 0 radical (unpaired) electrons. The fourth-order valence-corrected chi connectivity index (χ4v) is 6.23. The Bertz CT molecular complexity index is 1400. The number of alkyl halides is 1. The second kappa shape index (κ2) is 9.49. The van der Waals surface area contributed by atoms with Crippen molar-refractivity contribution in [3.63, 3.8) is 0 Å². The fraction of sp³-hybridized carbons (Fsp3) is 0.429. The maximum atomic E-state index is 15.9. The quantitative estimate of drug-likeness (QED) is 0.160. The number of H-pyrrole nitrogens is 1. The van der Waals surface area contributed by atoms with Gasteiger partial charge in [-0.05, 0) is 13.0 Å². The van der Waals surface area contributed by atoms with Crippen molar-refractivity contribution >= 4 is 40.4 Å². The lowest BCUT2D eigenvalue weighted by Gasteiger charge is -2.24. The van der Waals surface area contributed by atoms with E-state index in [1.807, 2.05) is 0 Å². The van der Waals surface area contributed by atoms with E-state index in [1.54, 1.807) is 0 Å². The van der Waals surface area contributed by atoms with Gasteiger partial charge in [-0.1, -0.05) is 5.92 Å². The van der Waals surface area contributed by atoms with Crippen molar-refractivity contribution in [3.05, 3.63) is 22.6 Å². The van der Waals surface area contributed by atoms with Gasteiger partial charge in [-0.2, -0.15) is 13.6 Å². The van der Waals surface area contributed by atoms with Gasteiger partial charge in [0.25, 0.3) is 5.56 Å². The fourth-order valence-electron chi connectivity index (χ4n) is 3.20. The number of phosphoric ester groups is 1. The molecule has 1 aliphatic heterocycles. The second-order valence-corrected chi connectivity index (χ2v) is 11.3. The molecular formula is C14H18FN4O13P3. The zero-order chi connectivity index (χ0) is 26.4. The van der Waals surface area contributed by atoms with E-state index in [0.717, 1.165) is 4.57 Å². The molecule has 35 heavy (non-hydrogen) atoms. The highest BCUT2D eigenvalue weighted by Gasteiger charge is 2.58. The van der Waals surface area contributed by atoms with Crippen molar-refractivity contribution in [2.24, 2.45) is 0 Å². The third kappa shape index (κ3) is 6.07. The van der Waals surface area contributed by atoms with Crippen LogP contribution in [0.15, 0.2) is 17.1 Å². The number of aliphatic hydroxyl groups excluding tert-OH is 1. The summed E-state index contributed by atoms with van der Waals surface area (Å²) in [7, 11) is -17.0. The SMILES string of the molecule is CC#CC1(F)[C@@H](O)[C@@H](COP(=O)(O)OP(=O)(O)OP(=O)(O)O)O[C@H]1n1ccc2c(=O)[nH]c(N)nc21. The predicted molar refractivity (Wildman–Crippen MR) is 112 cm³/mol. The van der Waals surface area contributed by atoms with Crippen LogP contribution in [0, 0.1) is 11.8 Å². The summed E-state index contributed by atoms with van der Waals surface area (Å²) in [6.45, 7) is 0.104. The molecule has 0 aliphatic carbocycles. The molecule has 0 bridgehead atoms. The van der Waals surface area contributed by atoms with Crippen molar-refractivity contribution in [2.75, 3.05) is 12.3 Å². The molecule has 17 nitrogen and oxygen atoms in total. The number of nitrogens with zero attached hydrogens (tertiary/aromatic N) is 2. The van der Waals surface area contributed by atoms with Crippen LogP contribution in [0.3, 0.4) is 0 Å². The molecule has 0 amide bonds. The molecular weight excluding hydrogens is 544 g/mol. The molecule has 3 heterocycles. The van der Waals surface area contributed by atoms with Crippen LogP contribution in [0.2, 0.25) is 0 Å². The third-order valence-electron chi connectivity index (χ3n) is 4.43. The number of nitrogens with two attached hydrogens (primary N) is 1. The number of nitrogens with one attached hydrogen (secondary N) is 1. The highest BCUT2D eigenvalue weighted by atomic mass is 31.3. The van der Waals surface area contributed by atoms with Crippen LogP contribution in [0.25, 0.3) is 11.0 Å². The van der Waals surface area contributed by atoms with Crippen molar-refractivity contribution in [2.45, 2.75) is 31.0 Å². The average Bonchev–Trinajstić information content (AvgIpc) is 3.17. The summed E-state index contributed by atoms with van der Waals surface area (Å²) < 4.78 is 67.9. The number of halogens is 1. The Morgan fingerprint density at radius 1 is 1.29 bits per heavy atom. The predicted octanol–water partition coefficient (Wildman–Crippen LogP) is -0.360. The van der Waals surface area contributed by atoms with E-state index in [9.17, 15) is 33.4 Å². The Morgan fingerprint density at radius 3 is 2.54 bits per heavy atom. The maximum absolute atomic E-state index is 15.9. The molecule has 6 atom stereocenters. The number of nitrogen functional groups attached to an aromatic ring is 1. The minimum absolute atomic E-state index is 0.0131. The van der Waals surface area contributed by atoms with E-state index >= 15 is 4.39 Å². The first kappa shape index (κ1) is 27.6. The molecule has 0 saturated carbocycles. The lowest BCUT2D eigenvalue weighted by atomic mass is 9.96. The van der Waals surface area contributed by atoms with E-state index < -0.39 is 59.7 Å². The van der Waals surface area contributed by atoms with Gasteiger partial charge in [0.05, 0.1) is 12.0 Å². The monoisotopic (exact) mass is 562 g/mol. The van der Waals surface area contributed by atoms with E-state index in [0.29, 0.717) is 0 Å². The molecule has 194 valence electrons. The number of phosphoric acid groups is 3. The van der Waals surface area contributed by atoms with Gasteiger partial charge >= 0.3 is 23.5 Å². The minimum atomic E-state index is -5.79. The van der Waals surface area contributed by atoms with Crippen molar-refractivity contribution in [3.8, 4) is 11.8 Å². The smallest absolute Gasteiger partial charge is 0.386 e. The Balaban J connectivity index is 1.87. The molecule has 21 heteroatoms. The normalized spacial score (nSPS) is 28.3.